The Morgan fingerprint density at radius 2 is 1.95 bits per heavy atom. The summed E-state index contributed by atoms with van der Waals surface area (Å²) in [5, 5.41) is 4.57. The fourth-order valence-corrected chi connectivity index (χ4v) is 3.88. The standard InChI is InChI=1S/C15H10N4S2/c1-2-6-12(7-3-1)20-15-18-19-10-13(17-14(19)21-15)11-5-4-8-16-9-11/h1-10H. The number of benzene rings is 1. The number of rotatable bonds is 3. The summed E-state index contributed by atoms with van der Waals surface area (Å²) in [5.41, 5.74) is 1.91. The molecule has 0 aliphatic rings. The zero-order valence-corrected chi connectivity index (χ0v) is 12.5. The van der Waals surface area contributed by atoms with Gasteiger partial charge in [0, 0.05) is 22.9 Å². The summed E-state index contributed by atoms with van der Waals surface area (Å²) in [6, 6.07) is 14.1. The molecule has 0 saturated carbocycles. The Kier molecular flexibility index (Phi) is 3.17. The summed E-state index contributed by atoms with van der Waals surface area (Å²) < 4.78 is 2.82. The van der Waals surface area contributed by atoms with Gasteiger partial charge in [-0.3, -0.25) is 4.98 Å². The van der Waals surface area contributed by atoms with Gasteiger partial charge in [-0.25, -0.2) is 9.50 Å². The highest BCUT2D eigenvalue weighted by molar-refractivity contribution is 8.01. The molecule has 102 valence electrons. The van der Waals surface area contributed by atoms with Gasteiger partial charge in [0.2, 0.25) is 4.96 Å². The third-order valence-corrected chi connectivity index (χ3v) is 4.91. The van der Waals surface area contributed by atoms with Gasteiger partial charge < -0.3 is 0 Å². The molecule has 4 nitrogen and oxygen atoms in total. The smallest absolute Gasteiger partial charge is 0.213 e. The Morgan fingerprint density at radius 1 is 1.05 bits per heavy atom. The zero-order valence-electron chi connectivity index (χ0n) is 10.9. The third kappa shape index (κ3) is 2.55. The second kappa shape index (κ2) is 5.31. The summed E-state index contributed by atoms with van der Waals surface area (Å²) in [6.07, 6.45) is 5.51. The fourth-order valence-electron chi connectivity index (χ4n) is 1.97. The summed E-state index contributed by atoms with van der Waals surface area (Å²) >= 11 is 3.24. The van der Waals surface area contributed by atoms with Crippen molar-refractivity contribution in [3.8, 4) is 11.3 Å². The molecule has 0 spiro atoms. The van der Waals surface area contributed by atoms with E-state index in [4.69, 9.17) is 0 Å². The lowest BCUT2D eigenvalue weighted by molar-refractivity contribution is 0.915. The number of aromatic nitrogens is 4. The normalized spacial score (nSPS) is 11.0. The molecule has 21 heavy (non-hydrogen) atoms. The van der Waals surface area contributed by atoms with E-state index in [1.807, 2.05) is 47.2 Å². The van der Waals surface area contributed by atoms with E-state index in [0.29, 0.717) is 0 Å². The molecule has 0 aliphatic heterocycles. The van der Waals surface area contributed by atoms with E-state index in [1.54, 1.807) is 29.3 Å². The van der Waals surface area contributed by atoms with Gasteiger partial charge >= 0.3 is 0 Å². The Morgan fingerprint density at radius 3 is 2.71 bits per heavy atom. The second-order valence-electron chi connectivity index (χ2n) is 4.38. The quantitative estimate of drug-likeness (QED) is 0.573. The van der Waals surface area contributed by atoms with Gasteiger partial charge in [-0.1, -0.05) is 41.3 Å². The van der Waals surface area contributed by atoms with Crippen LogP contribution >= 0.6 is 23.1 Å². The van der Waals surface area contributed by atoms with E-state index in [9.17, 15) is 0 Å². The molecule has 0 N–H and O–H groups in total. The van der Waals surface area contributed by atoms with Crippen LogP contribution in [0.5, 0.6) is 0 Å². The lowest BCUT2D eigenvalue weighted by atomic mass is 10.2. The van der Waals surface area contributed by atoms with Crippen LogP contribution in [0.3, 0.4) is 0 Å². The molecule has 0 bridgehead atoms. The molecule has 3 heterocycles. The number of imidazole rings is 1. The van der Waals surface area contributed by atoms with Crippen LogP contribution in [0, 0.1) is 0 Å². The van der Waals surface area contributed by atoms with E-state index in [1.165, 1.54) is 4.90 Å². The van der Waals surface area contributed by atoms with E-state index in [2.05, 4.69) is 27.2 Å². The van der Waals surface area contributed by atoms with Crippen molar-refractivity contribution in [2.24, 2.45) is 0 Å². The first-order chi connectivity index (χ1) is 10.4. The first-order valence-electron chi connectivity index (χ1n) is 6.38. The van der Waals surface area contributed by atoms with Crippen molar-refractivity contribution in [1.29, 1.82) is 0 Å². The number of hydrogen-bond acceptors (Lipinski definition) is 5. The lowest BCUT2D eigenvalue weighted by Crippen LogP contribution is -1.81. The molecule has 0 fully saturated rings. The predicted octanol–water partition coefficient (Wildman–Crippen LogP) is 4.00. The minimum absolute atomic E-state index is 0.896. The average Bonchev–Trinajstić information content (AvgIpc) is 3.07. The van der Waals surface area contributed by atoms with Gasteiger partial charge in [-0.2, -0.15) is 0 Å². The molecule has 0 amide bonds. The SMILES string of the molecule is c1ccc(Sc2nn3cc(-c4cccnc4)nc3s2)cc1. The minimum atomic E-state index is 0.896. The molecule has 4 rings (SSSR count). The van der Waals surface area contributed by atoms with Gasteiger partial charge in [0.1, 0.15) is 0 Å². The summed E-state index contributed by atoms with van der Waals surface area (Å²) in [7, 11) is 0. The number of pyridine rings is 1. The lowest BCUT2D eigenvalue weighted by Gasteiger charge is -1.95. The van der Waals surface area contributed by atoms with Crippen LogP contribution in [0.15, 0.2) is 70.3 Å². The van der Waals surface area contributed by atoms with E-state index >= 15 is 0 Å². The Hall–Kier alpha value is -2.18. The van der Waals surface area contributed by atoms with E-state index in [-0.39, 0.29) is 0 Å². The maximum atomic E-state index is 4.61. The first kappa shape index (κ1) is 12.6. The van der Waals surface area contributed by atoms with Crippen molar-refractivity contribution in [2.75, 3.05) is 0 Å². The molecule has 0 atom stereocenters. The minimum Gasteiger partial charge on any atom is -0.264 e. The molecule has 0 saturated heterocycles. The van der Waals surface area contributed by atoms with E-state index in [0.717, 1.165) is 20.6 Å². The highest BCUT2D eigenvalue weighted by Gasteiger charge is 2.10. The zero-order chi connectivity index (χ0) is 14.1. The molecule has 0 unspecified atom stereocenters. The van der Waals surface area contributed by atoms with Gasteiger partial charge in [0.05, 0.1) is 11.9 Å². The summed E-state index contributed by atoms with van der Waals surface area (Å²) in [4.78, 5) is 10.8. The molecule has 0 radical (unpaired) electrons. The molecule has 4 aromatic rings. The van der Waals surface area contributed by atoms with Crippen LogP contribution in [0.25, 0.3) is 16.2 Å². The van der Waals surface area contributed by atoms with Gasteiger partial charge in [-0.05, 0) is 24.3 Å². The Balaban J connectivity index is 1.65. The summed E-state index contributed by atoms with van der Waals surface area (Å²) in [6.45, 7) is 0. The highest BCUT2D eigenvalue weighted by Crippen LogP contribution is 2.32. The van der Waals surface area contributed by atoms with Gasteiger partial charge in [0.15, 0.2) is 4.34 Å². The molecule has 0 aliphatic carbocycles. The average molecular weight is 310 g/mol. The third-order valence-electron chi connectivity index (χ3n) is 2.93. The van der Waals surface area contributed by atoms with Crippen LogP contribution in [0.2, 0.25) is 0 Å². The molecular weight excluding hydrogens is 300 g/mol. The van der Waals surface area contributed by atoms with Crippen LogP contribution < -0.4 is 0 Å². The highest BCUT2D eigenvalue weighted by atomic mass is 32.2. The van der Waals surface area contributed by atoms with Crippen molar-refractivity contribution in [2.45, 2.75) is 9.24 Å². The first-order valence-corrected chi connectivity index (χ1v) is 8.01. The predicted molar refractivity (Wildman–Crippen MR) is 84.7 cm³/mol. The molecule has 1 aromatic carbocycles. The van der Waals surface area contributed by atoms with Crippen LogP contribution in [0.4, 0.5) is 0 Å². The van der Waals surface area contributed by atoms with Crippen molar-refractivity contribution >= 4 is 28.1 Å². The van der Waals surface area contributed by atoms with Crippen molar-refractivity contribution in [3.63, 3.8) is 0 Å². The van der Waals surface area contributed by atoms with Crippen LogP contribution in [0.1, 0.15) is 0 Å². The van der Waals surface area contributed by atoms with Crippen LogP contribution in [-0.2, 0) is 0 Å². The largest absolute Gasteiger partial charge is 0.264 e. The molecule has 6 heteroatoms. The maximum absolute atomic E-state index is 4.61. The van der Waals surface area contributed by atoms with Gasteiger partial charge in [0.25, 0.3) is 0 Å². The Labute approximate surface area is 129 Å². The molecular formula is C15H10N4S2. The van der Waals surface area contributed by atoms with E-state index < -0.39 is 0 Å². The van der Waals surface area contributed by atoms with Gasteiger partial charge in [-0.15, -0.1) is 5.10 Å². The number of fused-ring (bicyclic) bond motifs is 1. The van der Waals surface area contributed by atoms with Crippen molar-refractivity contribution < 1.29 is 0 Å². The molecule has 3 aromatic heterocycles. The fraction of sp³-hybridized carbons (Fsp3) is 0. The number of nitrogens with zero attached hydrogens (tertiary/aromatic N) is 4. The second-order valence-corrected chi connectivity index (χ2v) is 6.65. The van der Waals surface area contributed by atoms with Crippen LogP contribution in [-0.4, -0.2) is 19.6 Å². The summed E-state index contributed by atoms with van der Waals surface area (Å²) in [5.74, 6) is 0. The topological polar surface area (TPSA) is 43.1 Å². The Bertz CT molecular complexity index is 837. The number of hydrogen-bond donors (Lipinski definition) is 0. The maximum Gasteiger partial charge on any atom is 0.213 e. The van der Waals surface area contributed by atoms with Crippen molar-refractivity contribution in [3.05, 3.63) is 61.1 Å². The van der Waals surface area contributed by atoms with Crippen molar-refractivity contribution in [1.82, 2.24) is 19.6 Å². The monoisotopic (exact) mass is 310 g/mol.